The molecule has 0 unspecified atom stereocenters. The molecule has 2 aliphatic carbocycles. The van der Waals surface area contributed by atoms with E-state index >= 15 is 0 Å². The monoisotopic (exact) mass is 285 g/mol. The number of rotatable bonds is 2. The highest BCUT2D eigenvalue weighted by molar-refractivity contribution is 5.97. The number of amides is 1. The fourth-order valence-electron chi connectivity index (χ4n) is 4.45. The van der Waals surface area contributed by atoms with Crippen LogP contribution in [0.5, 0.6) is 0 Å². The number of aryl methyl sites for hydroxylation is 2. The predicted molar refractivity (Wildman–Crippen MR) is 77.6 cm³/mol. The van der Waals surface area contributed by atoms with Gasteiger partial charge in [0.15, 0.2) is 0 Å². The van der Waals surface area contributed by atoms with Gasteiger partial charge in [-0.3, -0.25) is 9.59 Å². The first-order chi connectivity index (χ1) is 10.0. The molecule has 1 saturated heterocycles. The summed E-state index contributed by atoms with van der Waals surface area (Å²) in [5.41, 5.74) is 3.01. The molecule has 0 aromatic heterocycles. The fraction of sp³-hybridized carbons (Fsp3) is 0.529. The molecule has 1 aromatic rings. The smallest absolute Gasteiger partial charge is 0.310 e. The van der Waals surface area contributed by atoms with Gasteiger partial charge in [0.1, 0.15) is 6.10 Å². The van der Waals surface area contributed by atoms with E-state index in [1.165, 1.54) is 0 Å². The lowest BCUT2D eigenvalue weighted by Crippen LogP contribution is -2.36. The number of hydrogen-bond acceptors (Lipinski definition) is 3. The summed E-state index contributed by atoms with van der Waals surface area (Å²) < 4.78 is 5.39. The van der Waals surface area contributed by atoms with Crippen molar-refractivity contribution in [3.63, 3.8) is 0 Å². The van der Waals surface area contributed by atoms with Crippen molar-refractivity contribution in [3.8, 4) is 0 Å². The molecule has 3 aliphatic rings. The summed E-state index contributed by atoms with van der Waals surface area (Å²) in [6.45, 7) is 3.99. The maximum Gasteiger partial charge on any atom is 0.310 e. The van der Waals surface area contributed by atoms with E-state index < -0.39 is 0 Å². The number of fused-ring (bicyclic) bond motifs is 1. The van der Waals surface area contributed by atoms with Crippen LogP contribution in [0, 0.1) is 37.5 Å². The van der Waals surface area contributed by atoms with Crippen LogP contribution >= 0.6 is 0 Å². The molecule has 4 rings (SSSR count). The Morgan fingerprint density at radius 1 is 1.29 bits per heavy atom. The third-order valence-electron chi connectivity index (χ3n) is 5.44. The molecule has 110 valence electrons. The van der Waals surface area contributed by atoms with Crippen LogP contribution in [0.25, 0.3) is 0 Å². The summed E-state index contributed by atoms with van der Waals surface area (Å²) in [5.74, 6) is -0.0111. The number of hydrogen-bond donors (Lipinski definition) is 1. The summed E-state index contributed by atoms with van der Waals surface area (Å²) in [7, 11) is 0. The number of anilines is 1. The molecule has 5 atom stereocenters. The topological polar surface area (TPSA) is 55.4 Å². The number of carbonyl (C=O) groups is 2. The number of benzene rings is 1. The van der Waals surface area contributed by atoms with Gasteiger partial charge in [-0.05, 0) is 49.8 Å². The van der Waals surface area contributed by atoms with Crippen molar-refractivity contribution in [3.05, 3.63) is 29.3 Å². The highest BCUT2D eigenvalue weighted by atomic mass is 16.6. The minimum absolute atomic E-state index is 0.0153. The van der Waals surface area contributed by atoms with E-state index in [4.69, 9.17) is 4.74 Å². The van der Waals surface area contributed by atoms with Gasteiger partial charge >= 0.3 is 5.97 Å². The van der Waals surface area contributed by atoms with E-state index in [0.717, 1.165) is 29.7 Å². The van der Waals surface area contributed by atoms with Crippen molar-refractivity contribution in [1.82, 2.24) is 0 Å². The Bertz CT molecular complexity index is 637. The SMILES string of the molecule is Cc1ccc(C)c(NC(=O)[C@H]2[C@@H]3C[C@@H]4[C@@H]2C(=O)O[C@@H]4C3)c1. The van der Waals surface area contributed by atoms with Crippen LogP contribution in [0.4, 0.5) is 5.69 Å². The second kappa shape index (κ2) is 4.33. The molecule has 1 amide bonds. The van der Waals surface area contributed by atoms with Crippen molar-refractivity contribution in [2.24, 2.45) is 23.7 Å². The summed E-state index contributed by atoms with van der Waals surface area (Å²) in [6, 6.07) is 6.02. The van der Waals surface area contributed by atoms with Crippen LogP contribution in [0.15, 0.2) is 18.2 Å². The Hall–Kier alpha value is -1.84. The van der Waals surface area contributed by atoms with Crippen LogP contribution in [-0.2, 0) is 14.3 Å². The first-order valence-corrected chi connectivity index (χ1v) is 7.63. The van der Waals surface area contributed by atoms with Gasteiger partial charge in [0.25, 0.3) is 0 Å². The summed E-state index contributed by atoms with van der Waals surface area (Å²) in [5, 5.41) is 3.03. The van der Waals surface area contributed by atoms with E-state index in [1.807, 2.05) is 32.0 Å². The first-order valence-electron chi connectivity index (χ1n) is 7.63. The zero-order chi connectivity index (χ0) is 14.7. The quantitative estimate of drug-likeness (QED) is 0.849. The van der Waals surface area contributed by atoms with E-state index in [0.29, 0.717) is 5.92 Å². The second-order valence-electron chi connectivity index (χ2n) is 6.73. The second-order valence-corrected chi connectivity index (χ2v) is 6.73. The molecule has 1 aliphatic heterocycles. The molecule has 3 fully saturated rings. The maximum atomic E-state index is 12.7. The predicted octanol–water partition coefficient (Wildman–Crippen LogP) is 2.44. The van der Waals surface area contributed by atoms with Crippen molar-refractivity contribution < 1.29 is 14.3 Å². The van der Waals surface area contributed by atoms with E-state index in [2.05, 4.69) is 5.32 Å². The van der Waals surface area contributed by atoms with Crippen molar-refractivity contribution in [2.75, 3.05) is 5.32 Å². The Kier molecular flexibility index (Phi) is 2.65. The first kappa shape index (κ1) is 12.9. The van der Waals surface area contributed by atoms with Crippen LogP contribution in [0.1, 0.15) is 24.0 Å². The van der Waals surface area contributed by atoms with Crippen LogP contribution in [-0.4, -0.2) is 18.0 Å². The summed E-state index contributed by atoms with van der Waals surface area (Å²) in [6.07, 6.45) is 1.90. The lowest BCUT2D eigenvalue weighted by Gasteiger charge is -2.24. The third kappa shape index (κ3) is 1.81. The van der Waals surface area contributed by atoms with Gasteiger partial charge < -0.3 is 10.1 Å². The van der Waals surface area contributed by atoms with E-state index in [-0.39, 0.29) is 35.7 Å². The van der Waals surface area contributed by atoms with Crippen LogP contribution in [0.3, 0.4) is 0 Å². The molecular formula is C17H19NO3. The van der Waals surface area contributed by atoms with Gasteiger partial charge in [0.05, 0.1) is 11.8 Å². The van der Waals surface area contributed by atoms with Gasteiger partial charge in [-0.2, -0.15) is 0 Å². The minimum atomic E-state index is -0.209. The molecule has 1 N–H and O–H groups in total. The van der Waals surface area contributed by atoms with Crippen molar-refractivity contribution in [1.29, 1.82) is 0 Å². The standard InChI is InChI=1S/C17H19NO3/c1-8-3-4-9(2)12(5-8)18-16(19)14-10-6-11-13(7-10)21-17(20)15(11)14/h3-5,10-11,13-15H,6-7H2,1-2H3,(H,18,19)/t10-,11+,13-,14+,15+/m1/s1. The molecule has 2 saturated carbocycles. The maximum absolute atomic E-state index is 12.7. The third-order valence-corrected chi connectivity index (χ3v) is 5.44. The lowest BCUT2D eigenvalue weighted by atomic mass is 9.79. The summed E-state index contributed by atoms with van der Waals surface area (Å²) >= 11 is 0. The highest BCUT2D eigenvalue weighted by Crippen LogP contribution is 2.57. The Morgan fingerprint density at radius 3 is 2.90 bits per heavy atom. The zero-order valence-electron chi connectivity index (χ0n) is 12.3. The highest BCUT2D eigenvalue weighted by Gasteiger charge is 2.63. The Labute approximate surface area is 123 Å². The molecule has 0 radical (unpaired) electrons. The van der Waals surface area contributed by atoms with Crippen molar-refractivity contribution in [2.45, 2.75) is 32.8 Å². The average molecular weight is 285 g/mol. The zero-order valence-corrected chi connectivity index (χ0v) is 12.3. The molecule has 4 heteroatoms. The van der Waals surface area contributed by atoms with Gasteiger partial charge in [-0.15, -0.1) is 0 Å². The van der Waals surface area contributed by atoms with Gasteiger partial charge in [-0.1, -0.05) is 12.1 Å². The molecule has 2 bridgehead atoms. The molecule has 4 nitrogen and oxygen atoms in total. The largest absolute Gasteiger partial charge is 0.462 e. The molecule has 0 spiro atoms. The fourth-order valence-corrected chi connectivity index (χ4v) is 4.45. The van der Waals surface area contributed by atoms with Crippen LogP contribution < -0.4 is 5.32 Å². The molecular weight excluding hydrogens is 266 g/mol. The Morgan fingerprint density at radius 2 is 2.10 bits per heavy atom. The lowest BCUT2D eigenvalue weighted by molar-refractivity contribution is -0.145. The minimum Gasteiger partial charge on any atom is -0.462 e. The summed E-state index contributed by atoms with van der Waals surface area (Å²) in [4.78, 5) is 24.7. The molecule has 21 heavy (non-hydrogen) atoms. The number of esters is 1. The van der Waals surface area contributed by atoms with Gasteiger partial charge in [0.2, 0.25) is 5.91 Å². The molecule has 1 heterocycles. The Balaban J connectivity index is 1.58. The van der Waals surface area contributed by atoms with Gasteiger partial charge in [-0.25, -0.2) is 0 Å². The van der Waals surface area contributed by atoms with Crippen molar-refractivity contribution >= 4 is 17.6 Å². The normalized spacial score (nSPS) is 35.9. The molecule has 1 aromatic carbocycles. The number of ether oxygens (including phenoxy) is 1. The number of carbonyl (C=O) groups excluding carboxylic acids is 2. The van der Waals surface area contributed by atoms with E-state index in [9.17, 15) is 9.59 Å². The van der Waals surface area contributed by atoms with Gasteiger partial charge in [0, 0.05) is 11.6 Å². The van der Waals surface area contributed by atoms with Crippen LogP contribution in [0.2, 0.25) is 0 Å². The van der Waals surface area contributed by atoms with E-state index in [1.54, 1.807) is 0 Å². The number of nitrogens with one attached hydrogen (secondary N) is 1. The average Bonchev–Trinajstić information content (AvgIpc) is 3.03.